The molecule has 1 fully saturated rings. The smallest absolute Gasteiger partial charge is 0.236 e. The SMILES string of the molecule is CCc1nc(C2CCC(C(=O)NN)CC2)no1. The molecular weight excluding hydrogens is 220 g/mol. The van der Waals surface area contributed by atoms with E-state index in [1.807, 2.05) is 6.92 Å². The molecule has 1 aromatic heterocycles. The molecular formula is C11H18N4O2. The molecule has 94 valence electrons. The number of nitrogens with one attached hydrogen (secondary N) is 1. The number of rotatable bonds is 3. The number of hydrogen-bond acceptors (Lipinski definition) is 5. The Morgan fingerprint density at radius 1 is 1.47 bits per heavy atom. The molecule has 1 amide bonds. The molecule has 0 unspecified atom stereocenters. The monoisotopic (exact) mass is 238 g/mol. The standard InChI is InChI=1S/C11H18N4O2/c1-2-9-13-10(15-17-9)7-3-5-8(6-4-7)11(16)14-12/h7-8H,2-6,12H2,1H3,(H,14,16). The third-order valence-corrected chi connectivity index (χ3v) is 3.39. The number of hydrazine groups is 1. The molecule has 17 heavy (non-hydrogen) atoms. The van der Waals surface area contributed by atoms with Crippen molar-refractivity contribution in [2.45, 2.75) is 44.9 Å². The van der Waals surface area contributed by atoms with Gasteiger partial charge in [-0.25, -0.2) is 5.84 Å². The van der Waals surface area contributed by atoms with Gasteiger partial charge in [0, 0.05) is 18.3 Å². The van der Waals surface area contributed by atoms with Gasteiger partial charge >= 0.3 is 0 Å². The van der Waals surface area contributed by atoms with Crippen molar-refractivity contribution in [2.24, 2.45) is 11.8 Å². The third-order valence-electron chi connectivity index (χ3n) is 3.39. The van der Waals surface area contributed by atoms with Crippen molar-refractivity contribution < 1.29 is 9.32 Å². The number of aryl methyl sites for hydroxylation is 1. The largest absolute Gasteiger partial charge is 0.339 e. The molecule has 0 bridgehead atoms. The summed E-state index contributed by atoms with van der Waals surface area (Å²) in [6.07, 6.45) is 4.27. The van der Waals surface area contributed by atoms with Gasteiger partial charge in [-0.2, -0.15) is 4.98 Å². The van der Waals surface area contributed by atoms with Crippen molar-refractivity contribution in [3.63, 3.8) is 0 Å². The van der Waals surface area contributed by atoms with Crippen LogP contribution >= 0.6 is 0 Å². The second-order valence-corrected chi connectivity index (χ2v) is 4.46. The first-order chi connectivity index (χ1) is 8.24. The Hall–Kier alpha value is -1.43. The van der Waals surface area contributed by atoms with E-state index in [9.17, 15) is 4.79 Å². The van der Waals surface area contributed by atoms with E-state index in [1.165, 1.54) is 0 Å². The Kier molecular flexibility index (Phi) is 3.73. The Morgan fingerprint density at radius 2 is 2.18 bits per heavy atom. The van der Waals surface area contributed by atoms with Gasteiger partial charge in [0.15, 0.2) is 5.82 Å². The fraction of sp³-hybridized carbons (Fsp3) is 0.727. The highest BCUT2D eigenvalue weighted by Gasteiger charge is 2.29. The van der Waals surface area contributed by atoms with Crippen molar-refractivity contribution >= 4 is 5.91 Å². The van der Waals surface area contributed by atoms with Crippen LogP contribution in [0.4, 0.5) is 0 Å². The minimum absolute atomic E-state index is 0.0359. The average molecular weight is 238 g/mol. The number of aromatic nitrogens is 2. The number of carbonyl (C=O) groups excluding carboxylic acids is 1. The lowest BCUT2D eigenvalue weighted by atomic mass is 9.81. The summed E-state index contributed by atoms with van der Waals surface area (Å²) >= 11 is 0. The number of amides is 1. The lowest BCUT2D eigenvalue weighted by molar-refractivity contribution is -0.126. The maximum atomic E-state index is 11.4. The molecule has 0 saturated heterocycles. The van der Waals surface area contributed by atoms with Crippen LogP contribution in [0.5, 0.6) is 0 Å². The summed E-state index contributed by atoms with van der Waals surface area (Å²) in [6, 6.07) is 0. The number of nitrogens with two attached hydrogens (primary N) is 1. The minimum Gasteiger partial charge on any atom is -0.339 e. The molecule has 6 heteroatoms. The van der Waals surface area contributed by atoms with Gasteiger partial charge in [-0.1, -0.05) is 12.1 Å². The molecule has 0 radical (unpaired) electrons. The molecule has 3 N–H and O–H groups in total. The molecule has 0 spiro atoms. The summed E-state index contributed by atoms with van der Waals surface area (Å²) in [5, 5.41) is 3.99. The zero-order chi connectivity index (χ0) is 12.3. The van der Waals surface area contributed by atoms with Crippen LogP contribution in [-0.2, 0) is 11.2 Å². The van der Waals surface area contributed by atoms with E-state index in [0.29, 0.717) is 11.8 Å². The fourth-order valence-electron chi connectivity index (χ4n) is 2.31. The zero-order valence-corrected chi connectivity index (χ0v) is 9.98. The van der Waals surface area contributed by atoms with Crippen LogP contribution in [0.15, 0.2) is 4.52 Å². The molecule has 6 nitrogen and oxygen atoms in total. The molecule has 0 atom stereocenters. The lowest BCUT2D eigenvalue weighted by Gasteiger charge is -2.25. The highest BCUT2D eigenvalue weighted by Crippen LogP contribution is 2.34. The summed E-state index contributed by atoms with van der Waals surface area (Å²) in [7, 11) is 0. The van der Waals surface area contributed by atoms with Gasteiger partial charge < -0.3 is 4.52 Å². The maximum absolute atomic E-state index is 11.4. The first kappa shape index (κ1) is 12.0. The van der Waals surface area contributed by atoms with Gasteiger partial charge in [-0.05, 0) is 25.7 Å². The summed E-state index contributed by atoms with van der Waals surface area (Å²) in [5.41, 5.74) is 2.21. The third kappa shape index (κ3) is 2.63. The van der Waals surface area contributed by atoms with Crippen molar-refractivity contribution in [1.29, 1.82) is 0 Å². The van der Waals surface area contributed by atoms with Gasteiger partial charge in [0.25, 0.3) is 0 Å². The first-order valence-corrected chi connectivity index (χ1v) is 6.07. The molecule has 0 aromatic carbocycles. The van der Waals surface area contributed by atoms with E-state index in [-0.39, 0.29) is 11.8 Å². The van der Waals surface area contributed by atoms with Gasteiger partial charge in [0.1, 0.15) is 0 Å². The molecule has 1 heterocycles. The highest BCUT2D eigenvalue weighted by molar-refractivity contribution is 5.78. The highest BCUT2D eigenvalue weighted by atomic mass is 16.5. The van der Waals surface area contributed by atoms with Crippen molar-refractivity contribution in [1.82, 2.24) is 15.6 Å². The Bertz CT molecular complexity index is 383. The van der Waals surface area contributed by atoms with Crippen LogP contribution in [0.2, 0.25) is 0 Å². The fourth-order valence-corrected chi connectivity index (χ4v) is 2.31. The van der Waals surface area contributed by atoms with Crippen LogP contribution in [0.25, 0.3) is 0 Å². The van der Waals surface area contributed by atoms with Crippen LogP contribution in [-0.4, -0.2) is 16.0 Å². The molecule has 2 rings (SSSR count). The molecule has 1 aliphatic carbocycles. The Balaban J connectivity index is 1.92. The summed E-state index contributed by atoms with van der Waals surface area (Å²) < 4.78 is 5.10. The molecule has 1 aromatic rings. The zero-order valence-electron chi connectivity index (χ0n) is 9.98. The van der Waals surface area contributed by atoms with E-state index in [4.69, 9.17) is 10.4 Å². The van der Waals surface area contributed by atoms with Gasteiger partial charge in [-0.3, -0.25) is 10.2 Å². The predicted molar refractivity (Wildman–Crippen MR) is 60.7 cm³/mol. The van der Waals surface area contributed by atoms with Crippen LogP contribution in [0.1, 0.15) is 50.2 Å². The Labute approximate surface area is 99.9 Å². The molecule has 1 aliphatic rings. The van der Waals surface area contributed by atoms with E-state index >= 15 is 0 Å². The van der Waals surface area contributed by atoms with Crippen molar-refractivity contribution in [2.75, 3.05) is 0 Å². The van der Waals surface area contributed by atoms with E-state index < -0.39 is 0 Å². The van der Waals surface area contributed by atoms with Crippen LogP contribution in [0.3, 0.4) is 0 Å². The van der Waals surface area contributed by atoms with E-state index in [2.05, 4.69) is 15.6 Å². The average Bonchev–Trinajstić information content (AvgIpc) is 2.87. The number of hydrogen-bond donors (Lipinski definition) is 2. The first-order valence-electron chi connectivity index (χ1n) is 6.07. The topological polar surface area (TPSA) is 94.0 Å². The van der Waals surface area contributed by atoms with Crippen molar-refractivity contribution in [3.8, 4) is 0 Å². The van der Waals surface area contributed by atoms with Gasteiger partial charge in [0.2, 0.25) is 11.8 Å². The van der Waals surface area contributed by atoms with Gasteiger partial charge in [-0.15, -0.1) is 0 Å². The quantitative estimate of drug-likeness (QED) is 0.463. The summed E-state index contributed by atoms with van der Waals surface area (Å²) in [4.78, 5) is 15.7. The van der Waals surface area contributed by atoms with Crippen LogP contribution < -0.4 is 11.3 Å². The van der Waals surface area contributed by atoms with E-state index in [1.54, 1.807) is 0 Å². The normalized spacial score (nSPS) is 24.6. The number of carbonyl (C=O) groups is 1. The van der Waals surface area contributed by atoms with Crippen LogP contribution in [0, 0.1) is 5.92 Å². The predicted octanol–water partition coefficient (Wildman–Crippen LogP) is 0.896. The maximum Gasteiger partial charge on any atom is 0.236 e. The molecule has 0 aliphatic heterocycles. The minimum atomic E-state index is -0.0641. The van der Waals surface area contributed by atoms with E-state index in [0.717, 1.165) is 37.9 Å². The Morgan fingerprint density at radius 3 is 2.71 bits per heavy atom. The number of nitrogens with zero attached hydrogens (tertiary/aromatic N) is 2. The second-order valence-electron chi connectivity index (χ2n) is 4.46. The summed E-state index contributed by atoms with van der Waals surface area (Å²) in [6.45, 7) is 1.99. The lowest BCUT2D eigenvalue weighted by Crippen LogP contribution is -2.37. The van der Waals surface area contributed by atoms with Gasteiger partial charge in [0.05, 0.1) is 0 Å². The molecule has 1 saturated carbocycles. The van der Waals surface area contributed by atoms with Crippen molar-refractivity contribution in [3.05, 3.63) is 11.7 Å². The second kappa shape index (κ2) is 5.27. The summed E-state index contributed by atoms with van der Waals surface area (Å²) in [5.74, 6) is 6.89.